The summed E-state index contributed by atoms with van der Waals surface area (Å²) in [7, 11) is 0. The summed E-state index contributed by atoms with van der Waals surface area (Å²) in [6.45, 7) is 8.09. The first-order valence-corrected chi connectivity index (χ1v) is 9.00. The second-order valence-corrected chi connectivity index (χ2v) is 6.39. The van der Waals surface area contributed by atoms with Gasteiger partial charge in [-0.25, -0.2) is 24.7 Å². The number of amides is 1. The van der Waals surface area contributed by atoms with Crippen molar-refractivity contribution in [3.63, 3.8) is 0 Å². The van der Waals surface area contributed by atoms with Gasteiger partial charge in [0.05, 0.1) is 11.9 Å². The molecule has 1 amide bonds. The third kappa shape index (κ3) is 5.92. The molecule has 0 saturated carbocycles. The van der Waals surface area contributed by atoms with Crippen molar-refractivity contribution in [3.05, 3.63) is 71.2 Å². The van der Waals surface area contributed by atoms with Crippen LogP contribution in [0.25, 0.3) is 4.85 Å². The van der Waals surface area contributed by atoms with Gasteiger partial charge in [0.1, 0.15) is 29.8 Å². The fourth-order valence-corrected chi connectivity index (χ4v) is 2.54. The quantitative estimate of drug-likeness (QED) is 0.475. The van der Waals surface area contributed by atoms with E-state index in [1.807, 2.05) is 0 Å². The Kier molecular flexibility index (Phi) is 6.66. The van der Waals surface area contributed by atoms with Gasteiger partial charge in [-0.05, 0) is 6.07 Å². The second-order valence-electron chi connectivity index (χ2n) is 6.39. The number of carbonyl (C=O) groups is 1. The highest BCUT2D eigenvalue weighted by atomic mass is 19.1. The Morgan fingerprint density at radius 3 is 2.74 bits per heavy atom. The van der Waals surface area contributed by atoms with E-state index in [2.05, 4.69) is 35.9 Å². The lowest BCUT2D eigenvalue weighted by molar-refractivity contribution is -0.122. The van der Waals surface area contributed by atoms with Crippen molar-refractivity contribution in [1.29, 1.82) is 0 Å². The largest absolute Gasteiger partial charge is 0.366 e. The minimum atomic E-state index is -1.00. The van der Waals surface area contributed by atoms with Gasteiger partial charge in [0.15, 0.2) is 0 Å². The normalized spacial score (nSPS) is 11.5. The molecule has 3 aromatic rings. The van der Waals surface area contributed by atoms with Crippen LogP contribution in [0.5, 0.6) is 0 Å². The molecule has 0 spiro atoms. The Bertz CT molecular complexity index is 1100. The highest BCUT2D eigenvalue weighted by molar-refractivity contribution is 5.76. The zero-order valence-electron chi connectivity index (χ0n) is 16.2. The van der Waals surface area contributed by atoms with Crippen LogP contribution in [-0.2, 0) is 17.9 Å². The van der Waals surface area contributed by atoms with E-state index in [1.54, 1.807) is 13.1 Å². The van der Waals surface area contributed by atoms with Crippen molar-refractivity contribution in [3.8, 4) is 0 Å². The Balaban J connectivity index is 1.61. The summed E-state index contributed by atoms with van der Waals surface area (Å²) in [4.78, 5) is 23.2. The van der Waals surface area contributed by atoms with E-state index in [-0.39, 0.29) is 36.3 Å². The van der Waals surface area contributed by atoms with Crippen molar-refractivity contribution < 1.29 is 18.0 Å². The first-order chi connectivity index (χ1) is 14.8. The molecule has 3 N–H and O–H groups in total. The van der Waals surface area contributed by atoms with Gasteiger partial charge in [0.2, 0.25) is 11.9 Å². The minimum Gasteiger partial charge on any atom is -0.366 e. The average Bonchev–Trinajstić information content (AvgIpc) is 3.13. The van der Waals surface area contributed by atoms with Gasteiger partial charge in [-0.3, -0.25) is 19.6 Å². The van der Waals surface area contributed by atoms with Gasteiger partial charge in [0, 0.05) is 43.6 Å². The maximum Gasteiger partial charge on any atom is 0.295 e. The number of nitrogens with zero attached hydrogens (tertiary/aromatic N) is 5. The summed E-state index contributed by atoms with van der Waals surface area (Å²) >= 11 is 0. The molecule has 0 bridgehead atoms. The van der Waals surface area contributed by atoms with Crippen LogP contribution in [0, 0.1) is 24.0 Å². The molecule has 3 rings (SSSR count). The van der Waals surface area contributed by atoms with E-state index in [0.29, 0.717) is 17.8 Å². The molecule has 0 fully saturated rings. The van der Waals surface area contributed by atoms with E-state index in [9.17, 15) is 18.0 Å². The third-order valence-electron chi connectivity index (χ3n) is 3.97. The van der Waals surface area contributed by atoms with Crippen LogP contribution in [0.15, 0.2) is 36.8 Å². The van der Waals surface area contributed by atoms with E-state index in [1.165, 1.54) is 23.1 Å². The molecule has 0 aliphatic carbocycles. The summed E-state index contributed by atoms with van der Waals surface area (Å²) in [6, 6.07) is 2.71. The third-order valence-corrected chi connectivity index (χ3v) is 3.97. The summed E-state index contributed by atoms with van der Waals surface area (Å²) in [5.41, 5.74) is 0.181. The summed E-state index contributed by atoms with van der Waals surface area (Å²) in [6.07, 6.45) is 3.81. The van der Waals surface area contributed by atoms with Crippen molar-refractivity contribution >= 4 is 23.4 Å². The Morgan fingerprint density at radius 2 is 2.03 bits per heavy atom. The molecule has 160 valence electrons. The number of hydrogen-bond donors (Lipinski definition) is 3. The molecule has 0 radical (unpaired) electrons. The molecule has 0 aliphatic heterocycles. The molecular weight excluding hydrogens is 413 g/mol. The molecule has 1 atom stereocenters. The van der Waals surface area contributed by atoms with Gasteiger partial charge in [-0.1, -0.05) is 0 Å². The molecule has 1 unspecified atom stereocenters. The molecule has 1 aromatic carbocycles. The van der Waals surface area contributed by atoms with Crippen molar-refractivity contribution in [2.24, 2.45) is 0 Å². The van der Waals surface area contributed by atoms with Gasteiger partial charge < -0.3 is 10.6 Å². The fourth-order valence-electron chi connectivity index (χ4n) is 2.54. The standard InChI is InChI=1S/C19H17F3N8O/c1-11(23-2)27-18(31)10-30-9-13(7-26-30)28-19-24-4-3-17(29-19)25-8-14-15(21)5-12(20)6-16(14)22/h3-7,9,11H,8,10H2,1H3,(H,27,31)(H2,24,25,28,29). The van der Waals surface area contributed by atoms with E-state index >= 15 is 0 Å². The van der Waals surface area contributed by atoms with Gasteiger partial charge in [-0.2, -0.15) is 10.1 Å². The molecule has 0 saturated heterocycles. The predicted octanol–water partition coefficient (Wildman–Crippen LogP) is 2.83. The highest BCUT2D eigenvalue weighted by Gasteiger charge is 2.13. The van der Waals surface area contributed by atoms with Crippen LogP contribution in [0.2, 0.25) is 0 Å². The second kappa shape index (κ2) is 9.57. The summed E-state index contributed by atoms with van der Waals surface area (Å²) in [5, 5.41) is 12.2. The van der Waals surface area contributed by atoms with Gasteiger partial charge in [0.25, 0.3) is 6.17 Å². The van der Waals surface area contributed by atoms with Crippen LogP contribution in [0.1, 0.15) is 12.5 Å². The number of halogens is 3. The lowest BCUT2D eigenvalue weighted by Gasteiger charge is -2.09. The van der Waals surface area contributed by atoms with Crippen molar-refractivity contribution in [1.82, 2.24) is 25.1 Å². The number of anilines is 3. The fraction of sp³-hybridized carbons (Fsp3) is 0.211. The number of aromatic nitrogens is 4. The molecule has 2 aromatic heterocycles. The Hall–Kier alpha value is -4.14. The SMILES string of the molecule is [C-]#[N+]C(C)NC(=O)Cn1cc(Nc2nccc(NCc3c(F)cc(F)cc3F)n2)cn1. The molecule has 2 heterocycles. The Morgan fingerprint density at radius 1 is 1.29 bits per heavy atom. The number of benzene rings is 1. The molecule has 9 nitrogen and oxygen atoms in total. The first kappa shape index (κ1) is 21.6. The van der Waals surface area contributed by atoms with E-state index in [0.717, 1.165) is 0 Å². The number of carbonyl (C=O) groups excluding carboxylic acids is 1. The lowest BCUT2D eigenvalue weighted by Crippen LogP contribution is -2.33. The topological polar surface area (TPSA) is 101 Å². The minimum absolute atomic E-state index is 0.0706. The van der Waals surface area contributed by atoms with Gasteiger partial charge in [-0.15, -0.1) is 0 Å². The maximum atomic E-state index is 13.7. The zero-order chi connectivity index (χ0) is 22.4. The average molecular weight is 430 g/mol. The molecule has 31 heavy (non-hydrogen) atoms. The highest BCUT2D eigenvalue weighted by Crippen LogP contribution is 2.17. The maximum absolute atomic E-state index is 13.7. The predicted molar refractivity (Wildman–Crippen MR) is 105 cm³/mol. The van der Waals surface area contributed by atoms with Crippen LogP contribution in [-0.4, -0.2) is 31.8 Å². The molecule has 12 heteroatoms. The number of hydrogen-bond acceptors (Lipinski definition) is 6. The van der Waals surface area contributed by atoms with Crippen LogP contribution in [0.3, 0.4) is 0 Å². The molecular formula is C19H17F3N8O. The number of nitrogens with one attached hydrogen (secondary N) is 3. The van der Waals surface area contributed by atoms with Crippen LogP contribution < -0.4 is 16.0 Å². The van der Waals surface area contributed by atoms with E-state index < -0.39 is 23.6 Å². The monoisotopic (exact) mass is 430 g/mol. The first-order valence-electron chi connectivity index (χ1n) is 9.00. The molecule has 0 aliphatic rings. The van der Waals surface area contributed by atoms with Crippen LogP contribution in [0.4, 0.5) is 30.6 Å². The van der Waals surface area contributed by atoms with Crippen molar-refractivity contribution in [2.45, 2.75) is 26.2 Å². The zero-order valence-corrected chi connectivity index (χ0v) is 16.2. The smallest absolute Gasteiger partial charge is 0.295 e. The van der Waals surface area contributed by atoms with E-state index in [4.69, 9.17) is 6.57 Å². The number of rotatable bonds is 8. The van der Waals surface area contributed by atoms with Crippen LogP contribution >= 0.6 is 0 Å². The Labute approximate surface area is 175 Å². The summed E-state index contributed by atoms with van der Waals surface area (Å²) in [5.74, 6) is -2.90. The van der Waals surface area contributed by atoms with Crippen molar-refractivity contribution in [2.75, 3.05) is 10.6 Å². The summed E-state index contributed by atoms with van der Waals surface area (Å²) < 4.78 is 41.9. The lowest BCUT2D eigenvalue weighted by atomic mass is 10.2. The van der Waals surface area contributed by atoms with Gasteiger partial charge >= 0.3 is 0 Å².